The molecule has 1 saturated carbocycles. The minimum Gasteiger partial charge on any atom is -0.338 e. The zero-order chi connectivity index (χ0) is 15.5. The van der Waals surface area contributed by atoms with Gasteiger partial charge in [-0.2, -0.15) is 5.26 Å². The third kappa shape index (κ3) is 3.87. The molecule has 3 nitrogen and oxygen atoms in total. The molecule has 1 heterocycles. The Morgan fingerprint density at radius 2 is 1.71 bits per heavy atom. The van der Waals surface area contributed by atoms with Crippen molar-refractivity contribution in [2.45, 2.75) is 65.7 Å². The Bertz CT molecular complexity index is 449. The summed E-state index contributed by atoms with van der Waals surface area (Å²) < 4.78 is 0. The lowest BCUT2D eigenvalue weighted by Crippen LogP contribution is -2.37. The van der Waals surface area contributed by atoms with Gasteiger partial charge in [0.2, 0.25) is 0 Å². The Kier molecular flexibility index (Phi) is 5.08. The van der Waals surface area contributed by atoms with Crippen LogP contribution in [0.25, 0.3) is 0 Å². The van der Waals surface area contributed by atoms with Crippen LogP contribution in [0.4, 0.5) is 0 Å². The Morgan fingerprint density at radius 3 is 2.19 bits per heavy atom. The number of hydrogen-bond donors (Lipinski definition) is 0. The van der Waals surface area contributed by atoms with E-state index in [0.717, 1.165) is 57.2 Å². The molecule has 0 unspecified atom stereocenters. The van der Waals surface area contributed by atoms with E-state index in [4.69, 9.17) is 0 Å². The summed E-state index contributed by atoms with van der Waals surface area (Å²) in [7, 11) is 0. The van der Waals surface area contributed by atoms with Crippen molar-refractivity contribution < 1.29 is 4.79 Å². The number of rotatable bonds is 1. The van der Waals surface area contributed by atoms with Gasteiger partial charge in [-0.3, -0.25) is 4.79 Å². The molecule has 21 heavy (non-hydrogen) atoms. The zero-order valence-electron chi connectivity index (χ0n) is 13.7. The second-order valence-corrected chi connectivity index (χ2v) is 7.58. The summed E-state index contributed by atoms with van der Waals surface area (Å²) in [5, 5.41) is 9.45. The highest BCUT2D eigenvalue weighted by Crippen LogP contribution is 2.40. The van der Waals surface area contributed by atoms with Crippen LogP contribution in [0.3, 0.4) is 0 Å². The average molecular weight is 288 g/mol. The van der Waals surface area contributed by atoms with E-state index < -0.39 is 0 Å². The monoisotopic (exact) mass is 288 g/mol. The van der Waals surface area contributed by atoms with Crippen LogP contribution in [-0.2, 0) is 4.79 Å². The highest BCUT2D eigenvalue weighted by Gasteiger charge is 2.30. The number of piperidine rings is 1. The van der Waals surface area contributed by atoms with Crippen LogP contribution in [0.5, 0.6) is 0 Å². The van der Waals surface area contributed by atoms with Crippen molar-refractivity contribution in [3.63, 3.8) is 0 Å². The molecule has 0 aromatic heterocycles. The molecule has 0 N–H and O–H groups in total. The molecular weight excluding hydrogens is 260 g/mol. The molecule has 1 amide bonds. The minimum atomic E-state index is -0.0126. The zero-order valence-corrected chi connectivity index (χ0v) is 13.7. The fourth-order valence-electron chi connectivity index (χ4n) is 3.62. The Labute approximate surface area is 129 Å². The molecule has 0 aromatic rings. The number of allylic oxidation sites excluding steroid dienone is 1. The quantitative estimate of drug-likeness (QED) is 0.539. The largest absolute Gasteiger partial charge is 0.338 e. The fourth-order valence-corrected chi connectivity index (χ4v) is 3.62. The van der Waals surface area contributed by atoms with Crippen molar-refractivity contribution in [2.75, 3.05) is 13.1 Å². The van der Waals surface area contributed by atoms with Gasteiger partial charge in [-0.25, -0.2) is 0 Å². The molecule has 2 fully saturated rings. The van der Waals surface area contributed by atoms with Crippen molar-refractivity contribution in [1.82, 2.24) is 4.90 Å². The van der Waals surface area contributed by atoms with Gasteiger partial charge in [0.15, 0.2) is 0 Å². The SMILES string of the molecule is CC(C)(C)C1CCC(=C(C#N)C(=O)N2CCCCC2)CC1. The smallest absolute Gasteiger partial charge is 0.264 e. The number of nitrogens with zero attached hydrogens (tertiary/aromatic N) is 2. The average Bonchev–Trinajstić information content (AvgIpc) is 2.48. The van der Waals surface area contributed by atoms with Crippen molar-refractivity contribution in [1.29, 1.82) is 5.26 Å². The first-order chi connectivity index (χ1) is 9.93. The molecule has 0 spiro atoms. The van der Waals surface area contributed by atoms with E-state index >= 15 is 0 Å². The van der Waals surface area contributed by atoms with Gasteiger partial charge >= 0.3 is 0 Å². The maximum absolute atomic E-state index is 12.6. The highest BCUT2D eigenvalue weighted by molar-refractivity contribution is 5.98. The van der Waals surface area contributed by atoms with E-state index in [0.29, 0.717) is 16.9 Å². The Morgan fingerprint density at radius 1 is 1.14 bits per heavy atom. The summed E-state index contributed by atoms with van der Waals surface area (Å²) in [5.41, 5.74) is 1.88. The Balaban J connectivity index is 2.07. The van der Waals surface area contributed by atoms with Crippen LogP contribution in [0.15, 0.2) is 11.1 Å². The molecule has 1 aliphatic heterocycles. The third-order valence-electron chi connectivity index (χ3n) is 5.14. The summed E-state index contributed by atoms with van der Waals surface area (Å²) in [6.45, 7) is 8.51. The van der Waals surface area contributed by atoms with Gasteiger partial charge in [0.05, 0.1) is 0 Å². The summed E-state index contributed by atoms with van der Waals surface area (Å²) in [4.78, 5) is 14.4. The summed E-state index contributed by atoms with van der Waals surface area (Å²) in [5.74, 6) is 0.688. The predicted octanol–water partition coefficient (Wildman–Crippen LogP) is 4.06. The van der Waals surface area contributed by atoms with E-state index in [1.165, 1.54) is 6.42 Å². The molecule has 1 aliphatic carbocycles. The van der Waals surface area contributed by atoms with Gasteiger partial charge in [0, 0.05) is 13.1 Å². The van der Waals surface area contributed by atoms with Crippen LogP contribution >= 0.6 is 0 Å². The molecule has 116 valence electrons. The lowest BCUT2D eigenvalue weighted by atomic mass is 9.71. The molecular formula is C18H28N2O. The molecule has 0 radical (unpaired) electrons. The van der Waals surface area contributed by atoms with Gasteiger partial charge in [0.1, 0.15) is 11.6 Å². The van der Waals surface area contributed by atoms with Gasteiger partial charge in [-0.15, -0.1) is 0 Å². The molecule has 0 bridgehead atoms. The van der Waals surface area contributed by atoms with E-state index in [-0.39, 0.29) is 5.91 Å². The number of likely N-dealkylation sites (tertiary alicyclic amines) is 1. The molecule has 2 rings (SSSR count). The number of nitriles is 1. The predicted molar refractivity (Wildman–Crippen MR) is 84.5 cm³/mol. The van der Waals surface area contributed by atoms with Gasteiger partial charge in [-0.05, 0) is 61.9 Å². The van der Waals surface area contributed by atoms with Crippen molar-refractivity contribution >= 4 is 5.91 Å². The molecule has 3 heteroatoms. The van der Waals surface area contributed by atoms with Crippen LogP contribution in [0.2, 0.25) is 0 Å². The molecule has 0 aromatic carbocycles. The highest BCUT2D eigenvalue weighted by atomic mass is 16.2. The number of carbonyl (C=O) groups is 1. The summed E-state index contributed by atoms with van der Waals surface area (Å²) in [6, 6.07) is 2.21. The Hall–Kier alpha value is -1.30. The van der Waals surface area contributed by atoms with Crippen LogP contribution in [-0.4, -0.2) is 23.9 Å². The third-order valence-corrected chi connectivity index (χ3v) is 5.14. The molecule has 0 atom stereocenters. The lowest BCUT2D eigenvalue weighted by Gasteiger charge is -2.35. The lowest BCUT2D eigenvalue weighted by molar-refractivity contribution is -0.127. The summed E-state index contributed by atoms with van der Waals surface area (Å²) in [6.07, 6.45) is 7.41. The molecule has 2 aliphatic rings. The van der Waals surface area contributed by atoms with E-state index in [2.05, 4.69) is 26.8 Å². The minimum absolute atomic E-state index is 0.0126. The maximum Gasteiger partial charge on any atom is 0.264 e. The van der Waals surface area contributed by atoms with Crippen LogP contribution in [0.1, 0.15) is 65.7 Å². The van der Waals surface area contributed by atoms with Gasteiger partial charge in [0.25, 0.3) is 5.91 Å². The number of hydrogen-bond acceptors (Lipinski definition) is 2. The molecule has 1 saturated heterocycles. The summed E-state index contributed by atoms with van der Waals surface area (Å²) >= 11 is 0. The van der Waals surface area contributed by atoms with Gasteiger partial charge in [-0.1, -0.05) is 20.8 Å². The second kappa shape index (κ2) is 6.64. The second-order valence-electron chi connectivity index (χ2n) is 7.58. The van der Waals surface area contributed by atoms with Crippen LogP contribution in [0, 0.1) is 22.7 Å². The van der Waals surface area contributed by atoms with Crippen molar-refractivity contribution in [2.24, 2.45) is 11.3 Å². The first kappa shape index (κ1) is 16.1. The van der Waals surface area contributed by atoms with E-state index in [1.54, 1.807) is 0 Å². The number of carbonyl (C=O) groups excluding carboxylic acids is 1. The first-order valence-electron chi connectivity index (χ1n) is 8.35. The first-order valence-corrected chi connectivity index (χ1v) is 8.35. The van der Waals surface area contributed by atoms with Gasteiger partial charge < -0.3 is 4.90 Å². The van der Waals surface area contributed by atoms with Crippen molar-refractivity contribution in [3.05, 3.63) is 11.1 Å². The number of amides is 1. The topological polar surface area (TPSA) is 44.1 Å². The van der Waals surface area contributed by atoms with Crippen molar-refractivity contribution in [3.8, 4) is 6.07 Å². The van der Waals surface area contributed by atoms with E-state index in [1.807, 2.05) is 4.90 Å². The fraction of sp³-hybridized carbons (Fsp3) is 0.778. The normalized spacial score (nSPS) is 23.6. The van der Waals surface area contributed by atoms with Crippen LogP contribution < -0.4 is 0 Å². The maximum atomic E-state index is 12.6. The standard InChI is InChI=1S/C18H28N2O/c1-18(2,3)15-9-7-14(8-10-15)16(13-19)17(21)20-11-5-4-6-12-20/h15H,4-12H2,1-3H3. The van der Waals surface area contributed by atoms with E-state index in [9.17, 15) is 10.1 Å².